The number of halogens is 2. The van der Waals surface area contributed by atoms with Gasteiger partial charge in [-0.15, -0.1) is 0 Å². The summed E-state index contributed by atoms with van der Waals surface area (Å²) in [5.74, 6) is -2.99. The Morgan fingerprint density at radius 1 is 1.15 bits per heavy atom. The minimum absolute atomic E-state index is 0.00455. The van der Waals surface area contributed by atoms with Crippen molar-refractivity contribution in [2.45, 2.75) is 16.7 Å². The number of carbonyl (C=O) groups is 1. The summed E-state index contributed by atoms with van der Waals surface area (Å²) in [5, 5.41) is 9.06. The van der Waals surface area contributed by atoms with E-state index in [-0.39, 0.29) is 11.3 Å². The third-order valence-corrected chi connectivity index (χ3v) is 3.68. The maximum absolute atomic E-state index is 13.1. The lowest BCUT2D eigenvalue weighted by Crippen LogP contribution is -2.04. The number of aromatic carboxylic acids is 1. The average Bonchev–Trinajstić information content (AvgIpc) is 2.37. The predicted octanol–water partition coefficient (Wildman–Crippen LogP) is 3.70. The largest absolute Gasteiger partial charge is 0.478 e. The summed E-state index contributed by atoms with van der Waals surface area (Å²) in [5.41, 5.74) is 6.51. The van der Waals surface area contributed by atoms with Gasteiger partial charge >= 0.3 is 5.97 Å². The highest BCUT2D eigenvalue weighted by Gasteiger charge is 2.13. The lowest BCUT2D eigenvalue weighted by atomic mass is 10.1. The first kappa shape index (κ1) is 14.3. The third-order valence-electron chi connectivity index (χ3n) is 2.72. The normalized spacial score (nSPS) is 10.6. The number of hydrogen-bond acceptors (Lipinski definition) is 3. The molecule has 0 saturated heterocycles. The summed E-state index contributed by atoms with van der Waals surface area (Å²) >= 11 is 1.14. The van der Waals surface area contributed by atoms with Gasteiger partial charge in [-0.1, -0.05) is 11.8 Å². The summed E-state index contributed by atoms with van der Waals surface area (Å²) in [4.78, 5) is 12.2. The molecular formula is C14H11F2NO2S. The van der Waals surface area contributed by atoms with E-state index in [9.17, 15) is 13.6 Å². The van der Waals surface area contributed by atoms with Gasteiger partial charge in [0, 0.05) is 15.5 Å². The summed E-state index contributed by atoms with van der Waals surface area (Å²) in [6.45, 7) is 1.69. The molecule has 2 rings (SSSR count). The topological polar surface area (TPSA) is 63.3 Å². The number of carboxylic acids is 1. The van der Waals surface area contributed by atoms with E-state index in [1.807, 2.05) is 0 Å². The van der Waals surface area contributed by atoms with Crippen LogP contribution in [0.2, 0.25) is 0 Å². The Labute approximate surface area is 118 Å². The van der Waals surface area contributed by atoms with E-state index >= 15 is 0 Å². The summed E-state index contributed by atoms with van der Waals surface area (Å²) < 4.78 is 26.0. The molecule has 3 nitrogen and oxygen atoms in total. The van der Waals surface area contributed by atoms with Gasteiger partial charge in [0.05, 0.1) is 5.56 Å². The molecule has 0 aliphatic heterocycles. The minimum atomic E-state index is -1.13. The summed E-state index contributed by atoms with van der Waals surface area (Å²) in [6.07, 6.45) is 0. The molecule has 0 aromatic heterocycles. The van der Waals surface area contributed by atoms with Crippen molar-refractivity contribution in [2.75, 3.05) is 5.73 Å². The van der Waals surface area contributed by atoms with Gasteiger partial charge in [0.25, 0.3) is 0 Å². The first-order valence-electron chi connectivity index (χ1n) is 5.65. The first-order chi connectivity index (χ1) is 9.38. The van der Waals surface area contributed by atoms with Crippen LogP contribution in [0.15, 0.2) is 40.1 Å². The zero-order chi connectivity index (χ0) is 14.9. The van der Waals surface area contributed by atoms with Crippen molar-refractivity contribution < 1.29 is 18.7 Å². The van der Waals surface area contributed by atoms with Crippen LogP contribution >= 0.6 is 11.8 Å². The van der Waals surface area contributed by atoms with E-state index < -0.39 is 17.6 Å². The average molecular weight is 295 g/mol. The van der Waals surface area contributed by atoms with Gasteiger partial charge in [0.2, 0.25) is 0 Å². The molecule has 2 aromatic rings. The Hall–Kier alpha value is -2.08. The minimum Gasteiger partial charge on any atom is -0.478 e. The molecule has 0 aliphatic rings. The SMILES string of the molecule is Cc1cc(Sc2ccc(F)c(F)c2)cc(C(=O)O)c1N. The Balaban J connectivity index is 2.38. The molecule has 0 spiro atoms. The van der Waals surface area contributed by atoms with Crippen LogP contribution in [0.1, 0.15) is 15.9 Å². The number of aryl methyl sites for hydroxylation is 1. The fraction of sp³-hybridized carbons (Fsp3) is 0.0714. The smallest absolute Gasteiger partial charge is 0.337 e. The summed E-state index contributed by atoms with van der Waals surface area (Å²) in [6, 6.07) is 6.63. The van der Waals surface area contributed by atoms with Crippen LogP contribution < -0.4 is 5.73 Å². The standard InChI is InChI=1S/C14H11F2NO2S/c1-7-4-9(5-10(13(7)17)14(18)19)20-8-2-3-11(15)12(16)6-8/h2-6H,17H2,1H3,(H,18,19). The molecule has 3 N–H and O–H groups in total. The van der Waals surface area contributed by atoms with Gasteiger partial charge < -0.3 is 10.8 Å². The molecule has 0 heterocycles. The van der Waals surface area contributed by atoms with E-state index in [0.717, 1.165) is 23.9 Å². The predicted molar refractivity (Wildman–Crippen MR) is 73.0 cm³/mol. The quantitative estimate of drug-likeness (QED) is 0.847. The van der Waals surface area contributed by atoms with Gasteiger partial charge in [-0.2, -0.15) is 0 Å². The molecule has 0 fully saturated rings. The van der Waals surface area contributed by atoms with Crippen LogP contribution in [-0.4, -0.2) is 11.1 Å². The van der Waals surface area contributed by atoms with E-state index in [4.69, 9.17) is 10.8 Å². The van der Waals surface area contributed by atoms with E-state index in [1.165, 1.54) is 12.1 Å². The second-order valence-corrected chi connectivity index (χ2v) is 5.33. The number of nitrogens with two attached hydrogens (primary N) is 1. The zero-order valence-electron chi connectivity index (χ0n) is 10.5. The van der Waals surface area contributed by atoms with Crippen molar-refractivity contribution in [3.05, 3.63) is 53.1 Å². The lowest BCUT2D eigenvalue weighted by molar-refractivity contribution is 0.0697. The molecule has 0 bridgehead atoms. The maximum atomic E-state index is 13.1. The second-order valence-electron chi connectivity index (χ2n) is 4.18. The Bertz CT molecular complexity index is 689. The molecular weight excluding hydrogens is 284 g/mol. The van der Waals surface area contributed by atoms with Crippen LogP contribution in [0.25, 0.3) is 0 Å². The van der Waals surface area contributed by atoms with Gasteiger partial charge in [-0.25, -0.2) is 13.6 Å². The molecule has 0 atom stereocenters. The number of carboxylic acid groups (broad SMARTS) is 1. The number of nitrogen functional groups attached to an aromatic ring is 1. The van der Waals surface area contributed by atoms with Crippen LogP contribution in [0.5, 0.6) is 0 Å². The highest BCUT2D eigenvalue weighted by Crippen LogP contribution is 2.32. The van der Waals surface area contributed by atoms with Crippen molar-refractivity contribution in [1.29, 1.82) is 0 Å². The van der Waals surface area contributed by atoms with E-state index in [1.54, 1.807) is 13.0 Å². The Morgan fingerprint density at radius 2 is 1.85 bits per heavy atom. The van der Waals surface area contributed by atoms with Crippen molar-refractivity contribution in [3.8, 4) is 0 Å². The van der Waals surface area contributed by atoms with Gasteiger partial charge in [0.1, 0.15) is 0 Å². The highest BCUT2D eigenvalue weighted by molar-refractivity contribution is 7.99. The van der Waals surface area contributed by atoms with E-state index in [0.29, 0.717) is 15.4 Å². The van der Waals surface area contributed by atoms with E-state index in [2.05, 4.69) is 0 Å². The third kappa shape index (κ3) is 2.91. The first-order valence-corrected chi connectivity index (χ1v) is 6.46. The molecule has 0 radical (unpaired) electrons. The van der Waals surface area contributed by atoms with Gasteiger partial charge in [-0.05, 0) is 42.8 Å². The molecule has 2 aromatic carbocycles. The monoisotopic (exact) mass is 295 g/mol. The van der Waals surface area contributed by atoms with Crippen molar-refractivity contribution in [3.63, 3.8) is 0 Å². The molecule has 6 heteroatoms. The van der Waals surface area contributed by atoms with Crippen LogP contribution in [-0.2, 0) is 0 Å². The molecule has 0 aliphatic carbocycles. The number of benzene rings is 2. The molecule has 20 heavy (non-hydrogen) atoms. The van der Waals surface area contributed by atoms with Gasteiger partial charge in [0.15, 0.2) is 11.6 Å². The molecule has 104 valence electrons. The van der Waals surface area contributed by atoms with Crippen molar-refractivity contribution in [1.82, 2.24) is 0 Å². The zero-order valence-corrected chi connectivity index (χ0v) is 11.3. The molecule has 0 unspecified atom stereocenters. The highest BCUT2D eigenvalue weighted by atomic mass is 32.2. The summed E-state index contributed by atoms with van der Waals surface area (Å²) in [7, 11) is 0. The van der Waals surface area contributed by atoms with Crippen molar-refractivity contribution >= 4 is 23.4 Å². The van der Waals surface area contributed by atoms with Crippen LogP contribution in [0, 0.1) is 18.6 Å². The number of anilines is 1. The maximum Gasteiger partial charge on any atom is 0.337 e. The van der Waals surface area contributed by atoms with Crippen LogP contribution in [0.3, 0.4) is 0 Å². The fourth-order valence-corrected chi connectivity index (χ4v) is 2.66. The number of rotatable bonds is 3. The van der Waals surface area contributed by atoms with Crippen LogP contribution in [0.4, 0.5) is 14.5 Å². The molecule has 0 saturated carbocycles. The Kier molecular flexibility index (Phi) is 3.94. The molecule has 0 amide bonds. The lowest BCUT2D eigenvalue weighted by Gasteiger charge is -2.09. The fourth-order valence-electron chi connectivity index (χ4n) is 1.68. The Morgan fingerprint density at radius 3 is 2.45 bits per heavy atom. The number of hydrogen-bond donors (Lipinski definition) is 2. The van der Waals surface area contributed by atoms with Gasteiger partial charge in [-0.3, -0.25) is 0 Å². The van der Waals surface area contributed by atoms with Crippen molar-refractivity contribution in [2.24, 2.45) is 0 Å². The second kappa shape index (κ2) is 5.50.